The number of nitrogens with one attached hydrogen (secondary N) is 1. The van der Waals surface area contributed by atoms with Gasteiger partial charge in [0.1, 0.15) is 12.1 Å². The quantitative estimate of drug-likeness (QED) is 0.789. The predicted molar refractivity (Wildman–Crippen MR) is 94.1 cm³/mol. The molecular formula is C17H18N4O2S. The van der Waals surface area contributed by atoms with Crippen LogP contribution in [0, 0.1) is 13.8 Å². The maximum atomic E-state index is 12.4. The second-order valence-corrected chi connectivity index (χ2v) is 7.19. The van der Waals surface area contributed by atoms with Crippen molar-refractivity contribution in [3.8, 4) is 0 Å². The molecule has 3 aromatic rings. The molecule has 124 valence electrons. The van der Waals surface area contributed by atoms with Gasteiger partial charge in [-0.3, -0.25) is 9.59 Å². The first-order valence-electron chi connectivity index (χ1n) is 7.64. The molecule has 0 aliphatic rings. The molecule has 0 unspecified atom stereocenters. The molecule has 0 radical (unpaired) electrons. The van der Waals surface area contributed by atoms with Gasteiger partial charge in [-0.05, 0) is 44.5 Å². The van der Waals surface area contributed by atoms with Crippen LogP contribution in [-0.2, 0) is 11.3 Å². The van der Waals surface area contributed by atoms with Crippen molar-refractivity contribution in [3.05, 3.63) is 56.0 Å². The zero-order valence-corrected chi connectivity index (χ0v) is 14.6. The van der Waals surface area contributed by atoms with Crippen molar-refractivity contribution in [3.63, 3.8) is 0 Å². The molecule has 0 bridgehead atoms. The highest BCUT2D eigenvalue weighted by molar-refractivity contribution is 7.12. The first kappa shape index (κ1) is 16.3. The molecular weight excluding hydrogens is 324 g/mol. The molecule has 0 spiro atoms. The Labute approximate surface area is 143 Å². The highest BCUT2D eigenvalue weighted by Crippen LogP contribution is 2.25. The van der Waals surface area contributed by atoms with E-state index in [2.05, 4.69) is 21.7 Å². The zero-order valence-electron chi connectivity index (χ0n) is 13.7. The maximum absolute atomic E-state index is 12.4. The zero-order chi connectivity index (χ0) is 17.3. The Hall–Kier alpha value is -2.54. The minimum Gasteiger partial charge on any atom is -0.348 e. The van der Waals surface area contributed by atoms with Crippen LogP contribution in [0.15, 0.2) is 35.1 Å². The van der Waals surface area contributed by atoms with Gasteiger partial charge in [0.05, 0.1) is 11.4 Å². The number of aryl methyl sites for hydroxylation is 2. The lowest BCUT2D eigenvalue weighted by atomic mass is 10.1. The first-order chi connectivity index (χ1) is 11.5. The third kappa shape index (κ3) is 3.21. The molecule has 1 atom stereocenters. The van der Waals surface area contributed by atoms with Crippen LogP contribution in [0.2, 0.25) is 0 Å². The fraction of sp³-hybridized carbons (Fsp3) is 0.294. The van der Waals surface area contributed by atoms with Gasteiger partial charge in [0.15, 0.2) is 0 Å². The van der Waals surface area contributed by atoms with Gasteiger partial charge in [-0.25, -0.2) is 4.68 Å². The summed E-state index contributed by atoms with van der Waals surface area (Å²) in [5.41, 5.74) is 1.31. The molecule has 0 fully saturated rings. The lowest BCUT2D eigenvalue weighted by Crippen LogP contribution is -2.35. The minimum atomic E-state index is -0.314. The van der Waals surface area contributed by atoms with E-state index in [0.29, 0.717) is 10.9 Å². The Morgan fingerprint density at radius 2 is 2.08 bits per heavy atom. The summed E-state index contributed by atoms with van der Waals surface area (Å²) in [5, 5.41) is 11.2. The summed E-state index contributed by atoms with van der Waals surface area (Å²) in [4.78, 5) is 27.0. The van der Waals surface area contributed by atoms with Gasteiger partial charge in [-0.15, -0.1) is 16.4 Å². The van der Waals surface area contributed by atoms with Gasteiger partial charge in [-0.2, -0.15) is 0 Å². The van der Waals surface area contributed by atoms with Crippen LogP contribution in [0.25, 0.3) is 10.9 Å². The summed E-state index contributed by atoms with van der Waals surface area (Å²) in [5.74, 6) is -0.266. The number of aromatic nitrogens is 3. The van der Waals surface area contributed by atoms with Crippen molar-refractivity contribution in [1.29, 1.82) is 0 Å². The lowest BCUT2D eigenvalue weighted by Gasteiger charge is -2.14. The van der Waals surface area contributed by atoms with Crippen molar-refractivity contribution < 1.29 is 4.79 Å². The van der Waals surface area contributed by atoms with Crippen LogP contribution in [0.3, 0.4) is 0 Å². The van der Waals surface area contributed by atoms with E-state index in [9.17, 15) is 9.59 Å². The lowest BCUT2D eigenvalue weighted by molar-refractivity contribution is -0.122. The molecule has 2 aromatic heterocycles. The molecule has 7 heteroatoms. The minimum absolute atomic E-state index is 0.119. The topological polar surface area (TPSA) is 76.9 Å². The van der Waals surface area contributed by atoms with E-state index in [-0.39, 0.29) is 24.1 Å². The number of carbonyl (C=O) groups is 1. The summed E-state index contributed by atoms with van der Waals surface area (Å²) in [6.07, 6.45) is 0. The smallest absolute Gasteiger partial charge is 0.278 e. The molecule has 2 heterocycles. The van der Waals surface area contributed by atoms with Gasteiger partial charge in [0.25, 0.3) is 5.56 Å². The largest absolute Gasteiger partial charge is 0.348 e. The van der Waals surface area contributed by atoms with Crippen LogP contribution < -0.4 is 10.9 Å². The second-order valence-electron chi connectivity index (χ2n) is 5.73. The highest BCUT2D eigenvalue weighted by atomic mass is 32.1. The monoisotopic (exact) mass is 342 g/mol. The number of nitrogens with zero attached hydrogens (tertiary/aromatic N) is 3. The summed E-state index contributed by atoms with van der Waals surface area (Å²) < 4.78 is 1.09. The van der Waals surface area contributed by atoms with Crippen molar-refractivity contribution in [2.75, 3.05) is 0 Å². The number of hydrogen-bond donors (Lipinski definition) is 1. The number of amides is 1. The Morgan fingerprint density at radius 3 is 2.79 bits per heavy atom. The second kappa shape index (κ2) is 6.52. The van der Waals surface area contributed by atoms with Crippen LogP contribution in [-0.4, -0.2) is 20.9 Å². The maximum Gasteiger partial charge on any atom is 0.278 e. The van der Waals surface area contributed by atoms with E-state index in [1.807, 2.05) is 20.8 Å². The third-order valence-electron chi connectivity index (χ3n) is 3.85. The molecule has 6 nitrogen and oxygen atoms in total. The Kier molecular flexibility index (Phi) is 4.44. The molecule has 1 amide bonds. The molecule has 0 saturated heterocycles. The van der Waals surface area contributed by atoms with Gasteiger partial charge in [-0.1, -0.05) is 17.3 Å². The van der Waals surface area contributed by atoms with Crippen LogP contribution in [0.1, 0.15) is 28.3 Å². The van der Waals surface area contributed by atoms with Gasteiger partial charge in [0.2, 0.25) is 5.91 Å². The molecule has 0 saturated carbocycles. The molecule has 0 aliphatic carbocycles. The number of rotatable bonds is 4. The van der Waals surface area contributed by atoms with E-state index >= 15 is 0 Å². The summed E-state index contributed by atoms with van der Waals surface area (Å²) >= 11 is 1.70. The van der Waals surface area contributed by atoms with E-state index < -0.39 is 0 Å². The number of carbonyl (C=O) groups excluding carboxylic acids is 1. The van der Waals surface area contributed by atoms with Gasteiger partial charge >= 0.3 is 0 Å². The molecule has 1 aromatic carbocycles. The van der Waals surface area contributed by atoms with Gasteiger partial charge < -0.3 is 5.32 Å². The van der Waals surface area contributed by atoms with Crippen molar-refractivity contribution >= 4 is 28.1 Å². The van der Waals surface area contributed by atoms with E-state index in [0.717, 1.165) is 10.2 Å². The first-order valence-corrected chi connectivity index (χ1v) is 8.46. The third-order valence-corrected chi connectivity index (χ3v) is 4.83. The molecule has 3 rings (SSSR count). The Bertz CT molecular complexity index is 961. The van der Waals surface area contributed by atoms with Gasteiger partial charge in [0, 0.05) is 9.75 Å². The average Bonchev–Trinajstić information content (AvgIpc) is 2.89. The van der Waals surface area contributed by atoms with Crippen molar-refractivity contribution in [2.45, 2.75) is 33.4 Å². The summed E-state index contributed by atoms with van der Waals surface area (Å²) in [7, 11) is 0. The highest BCUT2D eigenvalue weighted by Gasteiger charge is 2.15. The standard InChI is InChI=1S/C17H18N4O2S/c1-10-8-14(12(3)24-10)11(2)18-16(22)9-21-17(23)13-6-4-5-7-15(13)19-20-21/h4-8,11H,9H2,1-3H3,(H,18,22)/t11-/m1/s1. The Morgan fingerprint density at radius 1 is 1.33 bits per heavy atom. The number of thiophene rings is 1. The molecule has 1 N–H and O–H groups in total. The summed E-state index contributed by atoms with van der Waals surface area (Å²) in [6, 6.07) is 8.91. The normalized spacial score (nSPS) is 12.3. The summed E-state index contributed by atoms with van der Waals surface area (Å²) in [6.45, 7) is 5.86. The van der Waals surface area contributed by atoms with E-state index in [1.165, 1.54) is 9.75 Å². The van der Waals surface area contributed by atoms with Crippen LogP contribution in [0.5, 0.6) is 0 Å². The average molecular weight is 342 g/mol. The Balaban J connectivity index is 1.77. The SMILES string of the molecule is Cc1cc([C@@H](C)NC(=O)Cn2nnc3ccccc3c2=O)c(C)s1. The number of hydrogen-bond acceptors (Lipinski definition) is 5. The van der Waals surface area contributed by atoms with Crippen molar-refractivity contribution in [2.24, 2.45) is 0 Å². The van der Waals surface area contributed by atoms with Crippen LogP contribution in [0.4, 0.5) is 0 Å². The van der Waals surface area contributed by atoms with Crippen molar-refractivity contribution in [1.82, 2.24) is 20.3 Å². The molecule has 0 aliphatic heterocycles. The molecule has 24 heavy (non-hydrogen) atoms. The number of benzene rings is 1. The van der Waals surface area contributed by atoms with Crippen LogP contribution >= 0.6 is 11.3 Å². The predicted octanol–water partition coefficient (Wildman–Crippen LogP) is 2.35. The van der Waals surface area contributed by atoms with E-state index in [1.54, 1.807) is 35.6 Å². The fourth-order valence-corrected chi connectivity index (χ4v) is 3.73. The van der Waals surface area contributed by atoms with E-state index in [4.69, 9.17) is 0 Å². The fourth-order valence-electron chi connectivity index (χ4n) is 2.71. The number of fused-ring (bicyclic) bond motifs is 1.